The lowest BCUT2D eigenvalue weighted by Crippen LogP contribution is -2.42. The maximum atomic E-state index is 13.8. The van der Waals surface area contributed by atoms with Gasteiger partial charge < -0.3 is 15.1 Å². The fraction of sp³-hybridized carbons (Fsp3) is 0.250. The van der Waals surface area contributed by atoms with E-state index in [1.807, 2.05) is 82.9 Å². The van der Waals surface area contributed by atoms with E-state index in [1.165, 1.54) is 6.92 Å². The molecule has 1 N–H and O–H groups in total. The van der Waals surface area contributed by atoms with Crippen molar-refractivity contribution in [1.29, 1.82) is 0 Å². The quantitative estimate of drug-likeness (QED) is 0.151. The summed E-state index contributed by atoms with van der Waals surface area (Å²) >= 11 is 3.30. The Labute approximate surface area is 323 Å². The second kappa shape index (κ2) is 15.9. The molecule has 8 nitrogen and oxygen atoms in total. The Morgan fingerprint density at radius 1 is 0.667 bits per heavy atom. The van der Waals surface area contributed by atoms with E-state index < -0.39 is 6.04 Å². The Morgan fingerprint density at radius 2 is 1.15 bits per heavy atom. The summed E-state index contributed by atoms with van der Waals surface area (Å²) in [5.74, 6) is -0.178. The van der Waals surface area contributed by atoms with Crippen molar-refractivity contribution in [3.05, 3.63) is 143 Å². The number of nitrogens with zero attached hydrogens (tertiary/aromatic N) is 4. The molecule has 4 aromatic carbocycles. The third-order valence-corrected chi connectivity index (χ3v) is 12.6. The smallest absolute Gasteiger partial charge is 0.250 e. The normalized spacial score (nSPS) is 17.4. The number of benzene rings is 4. The highest BCUT2D eigenvalue weighted by Crippen LogP contribution is 2.40. The van der Waals surface area contributed by atoms with Crippen LogP contribution < -0.4 is 5.32 Å². The molecule has 2 aromatic heterocycles. The lowest BCUT2D eigenvalue weighted by Gasteiger charge is -2.28. The second-order valence-electron chi connectivity index (χ2n) is 13.9. The van der Waals surface area contributed by atoms with Crippen molar-refractivity contribution >= 4 is 40.4 Å². The first kappa shape index (κ1) is 35.6. The Balaban J connectivity index is 0.921. The van der Waals surface area contributed by atoms with Crippen molar-refractivity contribution in [3.63, 3.8) is 0 Å². The van der Waals surface area contributed by atoms with Gasteiger partial charge in [0, 0.05) is 32.4 Å². The van der Waals surface area contributed by atoms with Gasteiger partial charge in [-0.05, 0) is 59.1 Å². The zero-order chi connectivity index (χ0) is 37.0. The predicted molar refractivity (Wildman–Crippen MR) is 215 cm³/mol. The van der Waals surface area contributed by atoms with E-state index in [2.05, 4.69) is 53.8 Å². The largest absolute Gasteiger partial charge is 0.341 e. The van der Waals surface area contributed by atoms with Crippen LogP contribution in [0.2, 0.25) is 0 Å². The molecule has 1 unspecified atom stereocenters. The SMILES string of the molecule is CC(=O)NC(C(=O)N1CCC[C@H]1c1ncc(-c2ccc(-c3ccc(-c4cnc([C@@H]5CCCN5C(=O)Cc5ccccc5)s4)cc3)cc2)s1)c1ccccc1. The monoisotopic (exact) mass is 751 g/mol. The zero-order valence-corrected chi connectivity index (χ0v) is 31.7. The summed E-state index contributed by atoms with van der Waals surface area (Å²) in [4.78, 5) is 54.7. The van der Waals surface area contributed by atoms with Crippen LogP contribution in [-0.2, 0) is 20.8 Å². The van der Waals surface area contributed by atoms with Crippen LogP contribution in [0.25, 0.3) is 32.0 Å². The molecule has 3 atom stereocenters. The maximum Gasteiger partial charge on any atom is 0.250 e. The molecule has 4 heterocycles. The van der Waals surface area contributed by atoms with Gasteiger partial charge in [-0.25, -0.2) is 9.97 Å². The minimum Gasteiger partial charge on any atom is -0.341 e. The van der Waals surface area contributed by atoms with Crippen molar-refractivity contribution < 1.29 is 14.4 Å². The van der Waals surface area contributed by atoms with E-state index in [0.717, 1.165) is 85.4 Å². The van der Waals surface area contributed by atoms with Gasteiger partial charge >= 0.3 is 0 Å². The number of likely N-dealkylation sites (tertiary alicyclic amines) is 2. The number of nitrogens with one attached hydrogen (secondary N) is 1. The molecule has 0 saturated carbocycles. The van der Waals surface area contributed by atoms with Crippen LogP contribution in [0.4, 0.5) is 0 Å². The number of amides is 3. The third kappa shape index (κ3) is 7.62. The molecule has 272 valence electrons. The lowest BCUT2D eigenvalue weighted by molar-refractivity contribution is -0.137. The summed E-state index contributed by atoms with van der Waals surface area (Å²) in [5, 5.41) is 4.78. The van der Waals surface area contributed by atoms with Gasteiger partial charge in [-0.2, -0.15) is 0 Å². The van der Waals surface area contributed by atoms with Gasteiger partial charge in [0.25, 0.3) is 0 Å². The van der Waals surface area contributed by atoms with E-state index in [0.29, 0.717) is 13.0 Å². The van der Waals surface area contributed by atoms with Gasteiger partial charge in [-0.15, -0.1) is 22.7 Å². The molecular formula is C44H41N5O3S2. The van der Waals surface area contributed by atoms with Crippen LogP contribution >= 0.6 is 22.7 Å². The number of hydrogen-bond acceptors (Lipinski definition) is 7. The molecule has 10 heteroatoms. The predicted octanol–water partition coefficient (Wildman–Crippen LogP) is 9.05. The van der Waals surface area contributed by atoms with Crippen LogP contribution in [0.1, 0.15) is 71.9 Å². The molecule has 6 aromatic rings. The molecule has 54 heavy (non-hydrogen) atoms. The van der Waals surface area contributed by atoms with Crippen LogP contribution in [0.3, 0.4) is 0 Å². The topological polar surface area (TPSA) is 95.5 Å². The molecule has 0 aliphatic carbocycles. The molecule has 8 rings (SSSR count). The number of carbonyl (C=O) groups is 3. The Hall–Kier alpha value is -5.45. The molecular weight excluding hydrogens is 711 g/mol. The van der Waals surface area contributed by atoms with Crippen molar-refractivity contribution in [2.45, 2.75) is 57.2 Å². The highest BCUT2D eigenvalue weighted by molar-refractivity contribution is 7.15. The first-order chi connectivity index (χ1) is 26.4. The fourth-order valence-electron chi connectivity index (χ4n) is 7.59. The van der Waals surface area contributed by atoms with Gasteiger partial charge in [0.1, 0.15) is 16.1 Å². The average molecular weight is 752 g/mol. The van der Waals surface area contributed by atoms with Gasteiger partial charge in [-0.3, -0.25) is 14.4 Å². The minimum absolute atomic E-state index is 0.0361. The molecule has 2 saturated heterocycles. The summed E-state index contributed by atoms with van der Waals surface area (Å²) in [6.45, 7) is 2.85. The maximum absolute atomic E-state index is 13.8. The van der Waals surface area contributed by atoms with Crippen LogP contribution in [0, 0.1) is 0 Å². The number of carbonyl (C=O) groups excluding carboxylic acids is 3. The van der Waals surface area contributed by atoms with E-state index in [1.54, 1.807) is 22.7 Å². The number of aromatic nitrogens is 2. The van der Waals surface area contributed by atoms with E-state index >= 15 is 0 Å². The minimum atomic E-state index is -0.727. The van der Waals surface area contributed by atoms with Crippen molar-refractivity contribution in [2.75, 3.05) is 13.1 Å². The summed E-state index contributed by atoms with van der Waals surface area (Å²) in [6.07, 6.45) is 7.93. The molecule has 2 aliphatic rings. The Kier molecular flexibility index (Phi) is 10.5. The van der Waals surface area contributed by atoms with Crippen LogP contribution in [-0.4, -0.2) is 50.6 Å². The number of thiazole rings is 2. The summed E-state index contributed by atoms with van der Waals surface area (Å²) in [5.41, 5.74) is 6.26. The summed E-state index contributed by atoms with van der Waals surface area (Å²) < 4.78 is 0. The molecule has 2 fully saturated rings. The average Bonchev–Trinajstić information content (AvgIpc) is 4.04. The van der Waals surface area contributed by atoms with E-state index in [9.17, 15) is 14.4 Å². The molecule has 0 bridgehead atoms. The molecule has 0 spiro atoms. The van der Waals surface area contributed by atoms with Crippen molar-refractivity contribution in [3.8, 4) is 32.0 Å². The zero-order valence-electron chi connectivity index (χ0n) is 30.1. The van der Waals surface area contributed by atoms with Gasteiger partial charge in [0.2, 0.25) is 17.7 Å². The van der Waals surface area contributed by atoms with Crippen molar-refractivity contribution in [2.24, 2.45) is 0 Å². The van der Waals surface area contributed by atoms with Gasteiger partial charge in [-0.1, -0.05) is 109 Å². The van der Waals surface area contributed by atoms with Crippen LogP contribution in [0.15, 0.2) is 122 Å². The lowest BCUT2D eigenvalue weighted by atomic mass is 10.0. The first-order valence-electron chi connectivity index (χ1n) is 18.5. The Bertz CT molecular complexity index is 2240. The van der Waals surface area contributed by atoms with Crippen molar-refractivity contribution in [1.82, 2.24) is 25.1 Å². The van der Waals surface area contributed by atoms with E-state index in [4.69, 9.17) is 9.97 Å². The second-order valence-corrected chi connectivity index (χ2v) is 16.0. The molecule has 0 radical (unpaired) electrons. The third-order valence-electron chi connectivity index (χ3n) is 10.3. The standard InChI is InChI=1S/C44H41N5O3S2/c1-29(50)47-41(35-12-6-3-7-13-35)44(52)49-25-9-15-37(49)43-46-28-39(54-43)34-22-18-32(19-23-34)31-16-20-33(21-17-31)38-27-45-42(53-38)36-14-8-24-48(36)40(51)26-30-10-4-2-5-11-30/h2-7,10-13,16-23,27-28,36-37,41H,8-9,14-15,24-26H2,1H3,(H,47,50)/t36-,37-,41?/m0/s1. The fourth-order valence-corrected chi connectivity index (χ4v) is 9.73. The van der Waals surface area contributed by atoms with Crippen LogP contribution in [0.5, 0.6) is 0 Å². The molecule has 2 aliphatic heterocycles. The Morgan fingerprint density at radius 3 is 1.69 bits per heavy atom. The summed E-state index contributed by atoms with van der Waals surface area (Å²) in [7, 11) is 0. The van der Waals surface area contributed by atoms with Gasteiger partial charge in [0.15, 0.2) is 0 Å². The highest BCUT2D eigenvalue weighted by Gasteiger charge is 2.37. The van der Waals surface area contributed by atoms with Gasteiger partial charge in [0.05, 0.1) is 28.3 Å². The summed E-state index contributed by atoms with van der Waals surface area (Å²) in [6, 6.07) is 35.7. The highest BCUT2D eigenvalue weighted by atomic mass is 32.1. The number of rotatable bonds is 10. The number of hydrogen-bond donors (Lipinski definition) is 1. The van der Waals surface area contributed by atoms with E-state index in [-0.39, 0.29) is 29.8 Å². The molecule has 3 amide bonds. The first-order valence-corrected chi connectivity index (χ1v) is 20.1.